The lowest BCUT2D eigenvalue weighted by molar-refractivity contribution is -0.00752. The molecule has 0 aliphatic carbocycles. The SMILES string of the molecule is CN1CCC(c2ccccc2)(N2CCN(C(=O)c3cccc(Cl)c3)CC2)CC1. The number of hydrogen-bond acceptors (Lipinski definition) is 3. The van der Waals surface area contributed by atoms with Crippen molar-refractivity contribution in [3.8, 4) is 0 Å². The van der Waals surface area contributed by atoms with Crippen LogP contribution in [0.4, 0.5) is 0 Å². The van der Waals surface area contributed by atoms with Crippen LogP contribution in [-0.2, 0) is 5.54 Å². The summed E-state index contributed by atoms with van der Waals surface area (Å²) in [6.45, 7) is 5.55. The molecule has 5 heteroatoms. The zero-order valence-corrected chi connectivity index (χ0v) is 17.2. The van der Waals surface area contributed by atoms with Crippen LogP contribution in [0.3, 0.4) is 0 Å². The van der Waals surface area contributed by atoms with E-state index < -0.39 is 0 Å². The molecule has 4 nitrogen and oxygen atoms in total. The van der Waals surface area contributed by atoms with Gasteiger partial charge in [0.1, 0.15) is 0 Å². The third-order valence-electron chi connectivity index (χ3n) is 6.37. The number of benzene rings is 2. The number of carbonyl (C=O) groups excluding carboxylic acids is 1. The van der Waals surface area contributed by atoms with Crippen LogP contribution < -0.4 is 0 Å². The fourth-order valence-corrected chi connectivity index (χ4v) is 4.86. The molecule has 2 aliphatic rings. The molecule has 2 aliphatic heterocycles. The molecule has 4 rings (SSSR count). The van der Waals surface area contributed by atoms with Gasteiger partial charge in [0.05, 0.1) is 0 Å². The second-order valence-electron chi connectivity index (χ2n) is 7.99. The van der Waals surface area contributed by atoms with Gasteiger partial charge in [-0.2, -0.15) is 0 Å². The molecule has 0 atom stereocenters. The second-order valence-corrected chi connectivity index (χ2v) is 8.43. The third kappa shape index (κ3) is 3.82. The molecule has 0 N–H and O–H groups in total. The van der Waals surface area contributed by atoms with Crippen LogP contribution >= 0.6 is 11.6 Å². The van der Waals surface area contributed by atoms with E-state index in [4.69, 9.17) is 11.6 Å². The van der Waals surface area contributed by atoms with Gasteiger partial charge in [0.2, 0.25) is 0 Å². The van der Waals surface area contributed by atoms with Gasteiger partial charge in [0.25, 0.3) is 5.91 Å². The fraction of sp³-hybridized carbons (Fsp3) is 0.435. The Hall–Kier alpha value is -1.88. The predicted molar refractivity (Wildman–Crippen MR) is 114 cm³/mol. The Morgan fingerprint density at radius 3 is 2.21 bits per heavy atom. The molecule has 0 bridgehead atoms. The highest BCUT2D eigenvalue weighted by Crippen LogP contribution is 2.39. The minimum Gasteiger partial charge on any atom is -0.336 e. The maximum absolute atomic E-state index is 12.9. The van der Waals surface area contributed by atoms with Crippen LogP contribution in [0.15, 0.2) is 54.6 Å². The monoisotopic (exact) mass is 397 g/mol. The Bertz CT molecular complexity index is 810. The van der Waals surface area contributed by atoms with E-state index in [1.807, 2.05) is 17.0 Å². The number of piperidine rings is 1. The number of likely N-dealkylation sites (tertiary alicyclic amines) is 1. The second kappa shape index (κ2) is 8.24. The molecular formula is C23H28ClN3O. The molecule has 0 spiro atoms. The minimum atomic E-state index is 0.0823. The van der Waals surface area contributed by atoms with Crippen LogP contribution in [0, 0.1) is 0 Å². The highest BCUT2D eigenvalue weighted by molar-refractivity contribution is 6.30. The number of hydrogen-bond donors (Lipinski definition) is 0. The Morgan fingerprint density at radius 1 is 0.893 bits per heavy atom. The average Bonchev–Trinajstić information content (AvgIpc) is 2.75. The number of halogens is 1. The number of rotatable bonds is 3. The normalized spacial score (nSPS) is 20.9. The molecule has 1 amide bonds. The van der Waals surface area contributed by atoms with Crippen molar-refractivity contribution in [2.75, 3.05) is 46.3 Å². The molecule has 148 valence electrons. The Labute approximate surface area is 172 Å². The molecule has 2 fully saturated rings. The van der Waals surface area contributed by atoms with Gasteiger partial charge in [-0.05, 0) is 56.7 Å². The maximum Gasteiger partial charge on any atom is 0.253 e. The van der Waals surface area contributed by atoms with Crippen LogP contribution in [-0.4, -0.2) is 66.9 Å². The lowest BCUT2D eigenvalue weighted by Crippen LogP contribution is -2.59. The molecule has 2 aromatic carbocycles. The molecule has 2 heterocycles. The van der Waals surface area contributed by atoms with Gasteiger partial charge in [-0.15, -0.1) is 0 Å². The van der Waals surface area contributed by atoms with E-state index in [1.54, 1.807) is 12.1 Å². The van der Waals surface area contributed by atoms with Crippen molar-refractivity contribution < 1.29 is 4.79 Å². The van der Waals surface area contributed by atoms with Crippen molar-refractivity contribution in [3.05, 3.63) is 70.7 Å². The molecular weight excluding hydrogens is 370 g/mol. The van der Waals surface area contributed by atoms with Crippen molar-refractivity contribution in [3.63, 3.8) is 0 Å². The lowest BCUT2D eigenvalue weighted by atomic mass is 9.79. The number of piperazine rings is 1. The van der Waals surface area contributed by atoms with E-state index in [2.05, 4.69) is 47.2 Å². The summed E-state index contributed by atoms with van der Waals surface area (Å²) in [4.78, 5) is 19.9. The van der Waals surface area contributed by atoms with Crippen molar-refractivity contribution in [1.82, 2.24) is 14.7 Å². The summed E-state index contributed by atoms with van der Waals surface area (Å²) in [5.41, 5.74) is 2.18. The average molecular weight is 398 g/mol. The summed E-state index contributed by atoms with van der Waals surface area (Å²) < 4.78 is 0. The van der Waals surface area contributed by atoms with Crippen LogP contribution in [0.5, 0.6) is 0 Å². The standard InChI is InChI=1S/C23H28ClN3O/c1-25-12-10-23(11-13-25,20-7-3-2-4-8-20)27-16-14-26(15-17-27)22(28)19-6-5-9-21(24)18-19/h2-9,18H,10-17H2,1H3. The minimum absolute atomic E-state index is 0.0823. The van der Waals surface area contributed by atoms with Gasteiger partial charge in [0, 0.05) is 42.3 Å². The first-order valence-corrected chi connectivity index (χ1v) is 10.5. The molecule has 0 saturated carbocycles. The summed E-state index contributed by atoms with van der Waals surface area (Å²) in [7, 11) is 2.20. The Balaban J connectivity index is 1.50. The van der Waals surface area contributed by atoms with E-state index >= 15 is 0 Å². The molecule has 2 aromatic rings. The molecule has 2 saturated heterocycles. The van der Waals surface area contributed by atoms with E-state index in [9.17, 15) is 4.79 Å². The van der Waals surface area contributed by atoms with Crippen molar-refractivity contribution >= 4 is 17.5 Å². The van der Waals surface area contributed by atoms with Crippen LogP contribution in [0.2, 0.25) is 5.02 Å². The highest BCUT2D eigenvalue weighted by atomic mass is 35.5. The first-order valence-electron chi connectivity index (χ1n) is 10.1. The van der Waals surface area contributed by atoms with Crippen LogP contribution in [0.25, 0.3) is 0 Å². The van der Waals surface area contributed by atoms with E-state index in [-0.39, 0.29) is 11.4 Å². The topological polar surface area (TPSA) is 26.8 Å². The first kappa shape index (κ1) is 19.4. The van der Waals surface area contributed by atoms with Crippen molar-refractivity contribution in [1.29, 1.82) is 0 Å². The maximum atomic E-state index is 12.9. The number of nitrogens with zero attached hydrogens (tertiary/aromatic N) is 3. The van der Waals surface area contributed by atoms with Gasteiger partial charge in [-0.1, -0.05) is 48.0 Å². The van der Waals surface area contributed by atoms with Crippen molar-refractivity contribution in [2.45, 2.75) is 18.4 Å². The lowest BCUT2D eigenvalue weighted by Gasteiger charge is -2.51. The largest absolute Gasteiger partial charge is 0.336 e. The van der Waals surface area contributed by atoms with E-state index in [1.165, 1.54) is 5.56 Å². The summed E-state index contributed by atoms with van der Waals surface area (Å²) in [6, 6.07) is 18.2. The smallest absolute Gasteiger partial charge is 0.253 e. The van der Waals surface area contributed by atoms with Gasteiger partial charge in [-0.25, -0.2) is 0 Å². The third-order valence-corrected chi connectivity index (χ3v) is 6.60. The summed E-state index contributed by atoms with van der Waals surface area (Å²) >= 11 is 6.07. The van der Waals surface area contributed by atoms with Gasteiger partial charge >= 0.3 is 0 Å². The fourth-order valence-electron chi connectivity index (χ4n) is 4.67. The summed E-state index contributed by atoms with van der Waals surface area (Å²) in [5.74, 6) is 0.0827. The van der Waals surface area contributed by atoms with Crippen molar-refractivity contribution in [2.24, 2.45) is 0 Å². The summed E-state index contributed by atoms with van der Waals surface area (Å²) in [5, 5.41) is 0.610. The van der Waals surface area contributed by atoms with Gasteiger partial charge < -0.3 is 9.80 Å². The summed E-state index contributed by atoms with van der Waals surface area (Å²) in [6.07, 6.45) is 2.27. The number of carbonyl (C=O) groups is 1. The number of amides is 1. The van der Waals surface area contributed by atoms with E-state index in [0.717, 1.165) is 52.1 Å². The van der Waals surface area contributed by atoms with Gasteiger partial charge in [-0.3, -0.25) is 9.69 Å². The van der Waals surface area contributed by atoms with Gasteiger partial charge in [0.15, 0.2) is 0 Å². The van der Waals surface area contributed by atoms with Crippen LogP contribution in [0.1, 0.15) is 28.8 Å². The predicted octanol–water partition coefficient (Wildman–Crippen LogP) is 3.72. The Morgan fingerprint density at radius 2 is 1.57 bits per heavy atom. The molecule has 0 radical (unpaired) electrons. The zero-order valence-electron chi connectivity index (χ0n) is 16.5. The molecule has 0 unspecified atom stereocenters. The molecule has 28 heavy (non-hydrogen) atoms. The first-order chi connectivity index (χ1) is 13.6. The zero-order chi connectivity index (χ0) is 19.6. The Kier molecular flexibility index (Phi) is 5.72. The van der Waals surface area contributed by atoms with E-state index in [0.29, 0.717) is 10.6 Å². The highest BCUT2D eigenvalue weighted by Gasteiger charge is 2.42. The molecule has 0 aromatic heterocycles. The quantitative estimate of drug-likeness (QED) is 0.789.